The standard InChI is InChI=1S/C21H21FN4O3/c1-25-20(27)12-18(14-5-7-23-8-6-14)24-21(25)26-9-10-29-19(13-26)16-11-15(28-2)3-4-17(16)22/h3-8,11-12,19H,9-10,13H2,1-2H3. The van der Waals surface area contributed by atoms with Crippen LogP contribution < -0.4 is 15.2 Å². The van der Waals surface area contributed by atoms with Gasteiger partial charge in [0.2, 0.25) is 5.95 Å². The fourth-order valence-corrected chi connectivity index (χ4v) is 3.40. The predicted molar refractivity (Wildman–Crippen MR) is 107 cm³/mol. The number of methoxy groups -OCH3 is 1. The highest BCUT2D eigenvalue weighted by atomic mass is 19.1. The highest BCUT2D eigenvalue weighted by Gasteiger charge is 2.27. The van der Waals surface area contributed by atoms with Crippen LogP contribution in [0.4, 0.5) is 10.3 Å². The second kappa shape index (κ2) is 8.00. The maximum Gasteiger partial charge on any atom is 0.255 e. The molecule has 1 aliphatic heterocycles. The number of aromatic nitrogens is 3. The molecule has 3 heterocycles. The van der Waals surface area contributed by atoms with Gasteiger partial charge in [-0.2, -0.15) is 0 Å². The smallest absolute Gasteiger partial charge is 0.255 e. The largest absolute Gasteiger partial charge is 0.497 e. The molecule has 1 atom stereocenters. The van der Waals surface area contributed by atoms with Crippen molar-refractivity contribution in [3.05, 3.63) is 70.5 Å². The maximum atomic E-state index is 14.4. The first-order valence-electron chi connectivity index (χ1n) is 9.25. The van der Waals surface area contributed by atoms with Gasteiger partial charge in [0.25, 0.3) is 5.56 Å². The van der Waals surface area contributed by atoms with E-state index in [9.17, 15) is 9.18 Å². The van der Waals surface area contributed by atoms with Crippen molar-refractivity contribution in [3.8, 4) is 17.0 Å². The molecule has 1 aromatic carbocycles. The summed E-state index contributed by atoms with van der Waals surface area (Å²) in [6.45, 7) is 1.29. The molecule has 3 aromatic rings. The second-order valence-corrected chi connectivity index (χ2v) is 6.77. The number of hydrogen-bond donors (Lipinski definition) is 0. The van der Waals surface area contributed by atoms with Crippen molar-refractivity contribution in [1.29, 1.82) is 0 Å². The van der Waals surface area contributed by atoms with Gasteiger partial charge in [0.15, 0.2) is 0 Å². The van der Waals surface area contributed by atoms with Crippen molar-refractivity contribution < 1.29 is 13.9 Å². The molecule has 1 saturated heterocycles. The van der Waals surface area contributed by atoms with E-state index in [0.29, 0.717) is 42.7 Å². The van der Waals surface area contributed by atoms with Gasteiger partial charge in [-0.15, -0.1) is 0 Å². The summed E-state index contributed by atoms with van der Waals surface area (Å²) in [6.07, 6.45) is 2.81. The molecule has 0 radical (unpaired) electrons. The minimum absolute atomic E-state index is 0.169. The van der Waals surface area contributed by atoms with Crippen LogP contribution >= 0.6 is 0 Å². The Balaban J connectivity index is 1.68. The number of halogens is 1. The summed E-state index contributed by atoms with van der Waals surface area (Å²) in [7, 11) is 3.22. The Morgan fingerprint density at radius 2 is 2.00 bits per heavy atom. The van der Waals surface area contributed by atoms with E-state index in [1.54, 1.807) is 43.7 Å². The molecule has 0 amide bonds. The summed E-state index contributed by atoms with van der Waals surface area (Å²) in [5.41, 5.74) is 1.63. The number of rotatable bonds is 4. The number of hydrogen-bond acceptors (Lipinski definition) is 6. The van der Waals surface area contributed by atoms with E-state index < -0.39 is 6.10 Å². The van der Waals surface area contributed by atoms with Crippen molar-refractivity contribution >= 4 is 5.95 Å². The lowest BCUT2D eigenvalue weighted by atomic mass is 10.1. The molecule has 1 unspecified atom stereocenters. The van der Waals surface area contributed by atoms with Crippen LogP contribution in [0.5, 0.6) is 5.75 Å². The van der Waals surface area contributed by atoms with Crippen LogP contribution in [0.2, 0.25) is 0 Å². The van der Waals surface area contributed by atoms with Gasteiger partial charge in [-0.25, -0.2) is 9.37 Å². The highest BCUT2D eigenvalue weighted by molar-refractivity contribution is 5.59. The van der Waals surface area contributed by atoms with Crippen molar-refractivity contribution in [1.82, 2.24) is 14.5 Å². The Morgan fingerprint density at radius 1 is 1.21 bits per heavy atom. The molecule has 150 valence electrons. The first-order chi connectivity index (χ1) is 14.1. The van der Waals surface area contributed by atoms with Gasteiger partial charge < -0.3 is 14.4 Å². The molecule has 4 rings (SSSR count). The van der Waals surface area contributed by atoms with E-state index in [2.05, 4.69) is 4.98 Å². The molecule has 8 heteroatoms. The van der Waals surface area contributed by atoms with Gasteiger partial charge in [0.05, 0.1) is 26.0 Å². The van der Waals surface area contributed by atoms with Crippen LogP contribution in [0.15, 0.2) is 53.6 Å². The Bertz CT molecular complexity index is 1070. The molecular weight excluding hydrogens is 375 g/mol. The maximum absolute atomic E-state index is 14.4. The number of morpholine rings is 1. The van der Waals surface area contributed by atoms with Gasteiger partial charge in [-0.3, -0.25) is 14.3 Å². The van der Waals surface area contributed by atoms with Gasteiger partial charge >= 0.3 is 0 Å². The molecule has 2 aromatic heterocycles. The van der Waals surface area contributed by atoms with Crippen molar-refractivity contribution in [3.63, 3.8) is 0 Å². The quantitative estimate of drug-likeness (QED) is 0.675. The minimum Gasteiger partial charge on any atom is -0.497 e. The SMILES string of the molecule is COc1ccc(F)c(C2CN(c3nc(-c4ccncc4)cc(=O)n3C)CCO2)c1. The second-order valence-electron chi connectivity index (χ2n) is 6.77. The topological polar surface area (TPSA) is 69.5 Å². The molecule has 0 aliphatic carbocycles. The lowest BCUT2D eigenvalue weighted by molar-refractivity contribution is 0.0366. The molecule has 1 aliphatic rings. The average molecular weight is 396 g/mol. The number of benzene rings is 1. The monoisotopic (exact) mass is 396 g/mol. The fraction of sp³-hybridized carbons (Fsp3) is 0.286. The average Bonchev–Trinajstić information content (AvgIpc) is 2.76. The molecular formula is C21H21FN4O3. The first kappa shape index (κ1) is 19.1. The van der Waals surface area contributed by atoms with E-state index >= 15 is 0 Å². The van der Waals surface area contributed by atoms with Crippen LogP contribution in [-0.4, -0.2) is 41.3 Å². The number of anilines is 1. The normalized spacial score (nSPS) is 16.7. The van der Waals surface area contributed by atoms with Crippen LogP contribution in [0.25, 0.3) is 11.3 Å². The van der Waals surface area contributed by atoms with E-state index in [-0.39, 0.29) is 11.4 Å². The third-order valence-corrected chi connectivity index (χ3v) is 4.99. The number of pyridine rings is 1. The van der Waals surface area contributed by atoms with Gasteiger partial charge in [-0.1, -0.05) is 0 Å². The molecule has 1 fully saturated rings. The van der Waals surface area contributed by atoms with Gasteiger partial charge in [0, 0.05) is 43.2 Å². The van der Waals surface area contributed by atoms with E-state index in [1.165, 1.54) is 23.8 Å². The van der Waals surface area contributed by atoms with Crippen LogP contribution in [-0.2, 0) is 11.8 Å². The van der Waals surface area contributed by atoms with Gasteiger partial charge in [0.1, 0.15) is 17.7 Å². The summed E-state index contributed by atoms with van der Waals surface area (Å²) >= 11 is 0. The molecule has 0 N–H and O–H groups in total. The van der Waals surface area contributed by atoms with E-state index in [1.807, 2.05) is 4.90 Å². The third kappa shape index (κ3) is 3.84. The Morgan fingerprint density at radius 3 is 2.76 bits per heavy atom. The Kier molecular flexibility index (Phi) is 5.26. The molecule has 0 spiro atoms. The molecule has 29 heavy (non-hydrogen) atoms. The lowest BCUT2D eigenvalue weighted by Crippen LogP contribution is -2.42. The zero-order chi connectivity index (χ0) is 20.4. The summed E-state index contributed by atoms with van der Waals surface area (Å²) < 4.78 is 26.9. The van der Waals surface area contributed by atoms with Gasteiger partial charge in [-0.05, 0) is 30.3 Å². The zero-order valence-electron chi connectivity index (χ0n) is 16.2. The lowest BCUT2D eigenvalue weighted by Gasteiger charge is -2.34. The Hall–Kier alpha value is -3.26. The van der Waals surface area contributed by atoms with Crippen molar-refractivity contribution in [2.75, 3.05) is 31.7 Å². The molecule has 7 nitrogen and oxygen atoms in total. The van der Waals surface area contributed by atoms with E-state index in [4.69, 9.17) is 14.5 Å². The van der Waals surface area contributed by atoms with Crippen LogP contribution in [0.3, 0.4) is 0 Å². The summed E-state index contributed by atoms with van der Waals surface area (Å²) in [5, 5.41) is 0. The highest BCUT2D eigenvalue weighted by Crippen LogP contribution is 2.29. The summed E-state index contributed by atoms with van der Waals surface area (Å²) in [4.78, 5) is 23.2. The number of nitrogens with zero attached hydrogens (tertiary/aromatic N) is 4. The zero-order valence-corrected chi connectivity index (χ0v) is 16.2. The molecule has 0 bridgehead atoms. The minimum atomic E-state index is -0.500. The van der Waals surface area contributed by atoms with E-state index in [0.717, 1.165) is 5.56 Å². The fourth-order valence-electron chi connectivity index (χ4n) is 3.40. The predicted octanol–water partition coefficient (Wildman–Crippen LogP) is 2.57. The Labute approximate surface area is 167 Å². The first-order valence-corrected chi connectivity index (χ1v) is 9.25. The van der Waals surface area contributed by atoms with Crippen LogP contribution in [0.1, 0.15) is 11.7 Å². The van der Waals surface area contributed by atoms with Crippen molar-refractivity contribution in [2.24, 2.45) is 7.05 Å². The summed E-state index contributed by atoms with van der Waals surface area (Å²) in [6, 6.07) is 9.69. The van der Waals surface area contributed by atoms with Crippen LogP contribution in [0, 0.1) is 5.82 Å². The molecule has 0 saturated carbocycles. The number of ether oxygens (including phenoxy) is 2. The third-order valence-electron chi connectivity index (χ3n) is 4.99. The van der Waals surface area contributed by atoms with Crippen molar-refractivity contribution in [2.45, 2.75) is 6.10 Å². The summed E-state index contributed by atoms with van der Waals surface area (Å²) in [5.74, 6) is 0.721.